The summed E-state index contributed by atoms with van der Waals surface area (Å²) in [6, 6.07) is 0. The fourth-order valence-electron chi connectivity index (χ4n) is 1.36. The molecule has 7 heteroatoms. The van der Waals surface area contributed by atoms with Gasteiger partial charge in [-0.15, -0.1) is 24.0 Å². The Balaban J connectivity index is 0. The Morgan fingerprint density at radius 3 is 2.19 bits per heavy atom. The van der Waals surface area contributed by atoms with E-state index >= 15 is 0 Å². The van der Waals surface area contributed by atoms with Crippen molar-refractivity contribution >= 4 is 36.0 Å². The first kappa shape index (κ1) is 22.5. The molecule has 0 rings (SSSR count). The first-order valence-electron chi connectivity index (χ1n) is 7.04. The van der Waals surface area contributed by atoms with Gasteiger partial charge in [-0.25, -0.2) is 4.79 Å². The summed E-state index contributed by atoms with van der Waals surface area (Å²) in [5.41, 5.74) is 5.21. The van der Waals surface area contributed by atoms with Crippen LogP contribution in [-0.2, 0) is 4.74 Å². The van der Waals surface area contributed by atoms with Crippen molar-refractivity contribution in [2.45, 2.75) is 65.5 Å². The van der Waals surface area contributed by atoms with E-state index in [-0.39, 0.29) is 35.6 Å². The first-order valence-corrected chi connectivity index (χ1v) is 7.04. The summed E-state index contributed by atoms with van der Waals surface area (Å²) >= 11 is 0. The highest BCUT2D eigenvalue weighted by atomic mass is 127. The molecular formula is C14H31IN4O2. The predicted octanol–water partition coefficient (Wildman–Crippen LogP) is 2.61. The van der Waals surface area contributed by atoms with E-state index in [1.807, 2.05) is 41.5 Å². The molecule has 0 aliphatic heterocycles. The summed E-state index contributed by atoms with van der Waals surface area (Å²) in [7, 11) is 0. The molecule has 0 aliphatic rings. The molecule has 0 aromatic heterocycles. The number of carbonyl (C=O) groups excluding carboxylic acids is 1. The first-order chi connectivity index (χ1) is 8.99. The Labute approximate surface area is 145 Å². The fourth-order valence-corrected chi connectivity index (χ4v) is 1.36. The van der Waals surface area contributed by atoms with Crippen molar-refractivity contribution in [3.63, 3.8) is 0 Å². The number of nitrogens with one attached hydrogen (secondary N) is 2. The van der Waals surface area contributed by atoms with Gasteiger partial charge >= 0.3 is 6.09 Å². The molecule has 0 radical (unpaired) electrons. The van der Waals surface area contributed by atoms with Crippen LogP contribution in [0.3, 0.4) is 0 Å². The number of alkyl carbamates (subject to hydrolysis) is 1. The van der Waals surface area contributed by atoms with Gasteiger partial charge < -0.3 is 21.1 Å². The van der Waals surface area contributed by atoms with Gasteiger partial charge in [0.2, 0.25) is 0 Å². The number of hydrogen-bond donors (Lipinski definition) is 3. The largest absolute Gasteiger partial charge is 0.444 e. The van der Waals surface area contributed by atoms with Crippen molar-refractivity contribution in [3.8, 4) is 0 Å². The molecule has 0 fully saturated rings. The minimum atomic E-state index is -0.457. The average molecular weight is 414 g/mol. The molecule has 1 amide bonds. The number of ether oxygens (including phenoxy) is 1. The number of guanidine groups is 1. The van der Waals surface area contributed by atoms with Crippen LogP contribution in [0.15, 0.2) is 4.99 Å². The van der Waals surface area contributed by atoms with E-state index in [9.17, 15) is 4.79 Å². The summed E-state index contributed by atoms with van der Waals surface area (Å²) in [5.74, 6) is 0.456. The van der Waals surface area contributed by atoms with Crippen molar-refractivity contribution < 1.29 is 9.53 Å². The summed E-state index contributed by atoms with van der Waals surface area (Å²) in [6.07, 6.45) is 1.32. The Hall–Kier alpha value is -0.730. The molecule has 0 heterocycles. The molecule has 0 bridgehead atoms. The molecule has 0 unspecified atom stereocenters. The van der Waals surface area contributed by atoms with E-state index in [1.165, 1.54) is 0 Å². The highest BCUT2D eigenvalue weighted by molar-refractivity contribution is 14.0. The van der Waals surface area contributed by atoms with Crippen molar-refractivity contribution in [1.82, 2.24) is 10.6 Å². The number of carbonyl (C=O) groups is 1. The van der Waals surface area contributed by atoms with Crippen LogP contribution in [0, 0.1) is 0 Å². The third-order valence-electron chi connectivity index (χ3n) is 2.04. The lowest BCUT2D eigenvalue weighted by molar-refractivity contribution is 0.0527. The SMILES string of the molecule is CC(C)(C)NC(N)=NCCCCNC(=O)OC(C)(C)C.I. The molecule has 21 heavy (non-hydrogen) atoms. The maximum absolute atomic E-state index is 11.4. The third-order valence-corrected chi connectivity index (χ3v) is 2.04. The van der Waals surface area contributed by atoms with Gasteiger partial charge in [0.15, 0.2) is 5.96 Å². The van der Waals surface area contributed by atoms with Gasteiger partial charge in [0.1, 0.15) is 5.60 Å². The molecule has 0 atom stereocenters. The second-order valence-electron chi connectivity index (χ2n) is 6.78. The number of rotatable bonds is 5. The number of unbranched alkanes of at least 4 members (excludes halogenated alkanes) is 1. The quantitative estimate of drug-likeness (QED) is 0.279. The minimum absolute atomic E-state index is 0. The number of nitrogens with two attached hydrogens (primary N) is 1. The number of halogens is 1. The fraction of sp³-hybridized carbons (Fsp3) is 0.857. The normalized spacial score (nSPS) is 12.4. The highest BCUT2D eigenvalue weighted by Gasteiger charge is 2.15. The predicted molar refractivity (Wildman–Crippen MR) is 98.3 cm³/mol. The van der Waals surface area contributed by atoms with Gasteiger partial charge in [-0.2, -0.15) is 0 Å². The molecular weight excluding hydrogens is 383 g/mol. The van der Waals surface area contributed by atoms with Gasteiger partial charge in [-0.3, -0.25) is 4.99 Å². The zero-order valence-electron chi connectivity index (χ0n) is 14.1. The van der Waals surface area contributed by atoms with Crippen LogP contribution in [0.4, 0.5) is 4.79 Å². The van der Waals surface area contributed by atoms with Crippen molar-refractivity contribution in [2.24, 2.45) is 10.7 Å². The van der Waals surface area contributed by atoms with Gasteiger partial charge in [-0.05, 0) is 54.4 Å². The van der Waals surface area contributed by atoms with Crippen LogP contribution >= 0.6 is 24.0 Å². The molecule has 4 N–H and O–H groups in total. The van der Waals surface area contributed by atoms with Crippen LogP contribution < -0.4 is 16.4 Å². The monoisotopic (exact) mass is 414 g/mol. The van der Waals surface area contributed by atoms with E-state index in [2.05, 4.69) is 15.6 Å². The summed E-state index contributed by atoms with van der Waals surface area (Å²) in [5, 5.41) is 5.80. The van der Waals surface area contributed by atoms with Crippen LogP contribution in [0.25, 0.3) is 0 Å². The average Bonchev–Trinajstić information content (AvgIpc) is 2.17. The van der Waals surface area contributed by atoms with Crippen molar-refractivity contribution in [2.75, 3.05) is 13.1 Å². The number of aliphatic imine (C=N–C) groups is 1. The van der Waals surface area contributed by atoms with Gasteiger partial charge in [0.05, 0.1) is 0 Å². The molecule has 0 aliphatic carbocycles. The van der Waals surface area contributed by atoms with Crippen molar-refractivity contribution in [3.05, 3.63) is 0 Å². The third kappa shape index (κ3) is 17.2. The maximum Gasteiger partial charge on any atom is 0.407 e. The van der Waals surface area contributed by atoms with E-state index in [4.69, 9.17) is 10.5 Å². The van der Waals surface area contributed by atoms with E-state index < -0.39 is 5.60 Å². The maximum atomic E-state index is 11.4. The van der Waals surface area contributed by atoms with Gasteiger partial charge in [0.25, 0.3) is 0 Å². The minimum Gasteiger partial charge on any atom is -0.444 e. The number of hydrogen-bond acceptors (Lipinski definition) is 3. The van der Waals surface area contributed by atoms with Crippen LogP contribution in [0.1, 0.15) is 54.4 Å². The van der Waals surface area contributed by atoms with Crippen molar-refractivity contribution in [1.29, 1.82) is 0 Å². The van der Waals surface area contributed by atoms with Crippen LogP contribution in [0.2, 0.25) is 0 Å². The summed E-state index contributed by atoms with van der Waals surface area (Å²) < 4.78 is 5.13. The van der Waals surface area contributed by atoms with Crippen LogP contribution in [0.5, 0.6) is 0 Å². The van der Waals surface area contributed by atoms with E-state index in [0.717, 1.165) is 12.8 Å². The summed E-state index contributed by atoms with van der Waals surface area (Å²) in [4.78, 5) is 15.6. The standard InChI is InChI=1S/C14H30N4O2.HI/c1-13(2,3)18-11(15)16-9-7-8-10-17-12(19)20-14(4,5)6;/h7-10H2,1-6H3,(H,17,19)(H3,15,16,18);1H. The topological polar surface area (TPSA) is 88.7 Å². The highest BCUT2D eigenvalue weighted by Crippen LogP contribution is 2.06. The van der Waals surface area contributed by atoms with Crippen LogP contribution in [-0.4, -0.2) is 36.3 Å². The smallest absolute Gasteiger partial charge is 0.407 e. The lowest BCUT2D eigenvalue weighted by atomic mass is 10.1. The lowest BCUT2D eigenvalue weighted by Gasteiger charge is -2.21. The lowest BCUT2D eigenvalue weighted by Crippen LogP contribution is -2.45. The zero-order chi connectivity index (χ0) is 15.8. The summed E-state index contributed by atoms with van der Waals surface area (Å²) in [6.45, 7) is 12.8. The molecule has 6 nitrogen and oxygen atoms in total. The van der Waals surface area contributed by atoms with Gasteiger partial charge in [-0.1, -0.05) is 0 Å². The molecule has 126 valence electrons. The Bertz CT molecular complexity index is 333. The molecule has 0 aromatic rings. The number of nitrogens with zero attached hydrogens (tertiary/aromatic N) is 1. The second-order valence-corrected chi connectivity index (χ2v) is 6.78. The molecule has 0 saturated carbocycles. The number of amides is 1. The Kier molecular flexibility index (Phi) is 10.8. The van der Waals surface area contributed by atoms with E-state index in [1.54, 1.807) is 0 Å². The second kappa shape index (κ2) is 10.1. The Morgan fingerprint density at radius 2 is 1.71 bits per heavy atom. The molecule has 0 aromatic carbocycles. The van der Waals surface area contributed by atoms with Gasteiger partial charge in [0, 0.05) is 18.6 Å². The zero-order valence-corrected chi connectivity index (χ0v) is 16.4. The van der Waals surface area contributed by atoms with E-state index in [0.29, 0.717) is 19.0 Å². The molecule has 0 saturated heterocycles. The Morgan fingerprint density at radius 1 is 1.14 bits per heavy atom. The molecule has 0 spiro atoms.